The van der Waals surface area contributed by atoms with Gasteiger partial charge in [-0.2, -0.15) is 0 Å². The Hall–Kier alpha value is -1.43. The molecule has 0 aliphatic rings. The van der Waals surface area contributed by atoms with Crippen molar-refractivity contribution in [2.45, 2.75) is 30.4 Å². The molecule has 0 atom stereocenters. The van der Waals surface area contributed by atoms with E-state index in [4.69, 9.17) is 4.74 Å². The van der Waals surface area contributed by atoms with Crippen LogP contribution in [0.4, 0.5) is 0 Å². The van der Waals surface area contributed by atoms with Crippen molar-refractivity contribution >= 4 is 11.8 Å². The zero-order valence-electron chi connectivity index (χ0n) is 12.7. The summed E-state index contributed by atoms with van der Waals surface area (Å²) in [5.74, 6) is 0. The second kappa shape index (κ2) is 8.12. The molecule has 2 rings (SSSR count). The number of nitrogens with one attached hydrogen (secondary N) is 1. The molecule has 0 aliphatic carbocycles. The highest BCUT2D eigenvalue weighted by atomic mass is 32.2. The molecule has 0 aliphatic heterocycles. The van der Waals surface area contributed by atoms with Gasteiger partial charge in [0.25, 0.3) is 0 Å². The number of aryl methyl sites for hydroxylation is 2. The van der Waals surface area contributed by atoms with Crippen LogP contribution in [-0.2, 0) is 11.3 Å². The Morgan fingerprint density at radius 3 is 2.57 bits per heavy atom. The fraction of sp³-hybridized carbons (Fsp3) is 0.375. The molecule has 0 amide bonds. The van der Waals surface area contributed by atoms with Crippen molar-refractivity contribution in [3.05, 3.63) is 47.3 Å². The molecule has 0 fully saturated rings. The zero-order chi connectivity index (χ0) is 15.1. The summed E-state index contributed by atoms with van der Waals surface area (Å²) in [4.78, 5) is 10.2. The van der Waals surface area contributed by atoms with Crippen molar-refractivity contribution in [2.24, 2.45) is 0 Å². The third kappa shape index (κ3) is 5.12. The van der Waals surface area contributed by atoms with Crippen LogP contribution in [-0.4, -0.2) is 30.2 Å². The number of methoxy groups -OCH3 is 1. The van der Waals surface area contributed by atoms with Crippen LogP contribution in [0.3, 0.4) is 0 Å². The lowest BCUT2D eigenvalue weighted by Gasteiger charge is -2.10. The van der Waals surface area contributed by atoms with Gasteiger partial charge < -0.3 is 10.1 Å². The maximum atomic E-state index is 5.04. The van der Waals surface area contributed by atoms with Gasteiger partial charge in [-0.25, -0.2) is 9.97 Å². The Balaban J connectivity index is 2.08. The first-order valence-electron chi connectivity index (χ1n) is 6.96. The highest BCUT2D eigenvalue weighted by Gasteiger charge is 2.07. The van der Waals surface area contributed by atoms with Crippen LogP contribution in [0, 0.1) is 13.8 Å². The van der Waals surface area contributed by atoms with Crippen molar-refractivity contribution in [1.29, 1.82) is 0 Å². The summed E-state index contributed by atoms with van der Waals surface area (Å²) in [7, 11) is 1.71. The summed E-state index contributed by atoms with van der Waals surface area (Å²) >= 11 is 1.61. The standard InChI is InChI=1S/C16H21N3OS/c1-12-10-13(2)19-16(18-12)21-15-7-5-4-6-14(15)11-17-8-9-20-3/h4-7,10,17H,8-9,11H2,1-3H3. The molecular weight excluding hydrogens is 282 g/mol. The first kappa shape index (κ1) is 15.9. The molecule has 2 aromatic rings. The van der Waals surface area contributed by atoms with E-state index >= 15 is 0 Å². The number of benzene rings is 1. The molecule has 1 heterocycles. The van der Waals surface area contributed by atoms with Gasteiger partial charge in [0.2, 0.25) is 0 Å². The van der Waals surface area contributed by atoms with Crippen LogP contribution < -0.4 is 5.32 Å². The predicted molar refractivity (Wildman–Crippen MR) is 85.7 cm³/mol. The molecule has 0 saturated carbocycles. The van der Waals surface area contributed by atoms with Gasteiger partial charge in [-0.05, 0) is 43.3 Å². The fourth-order valence-corrected chi connectivity index (χ4v) is 2.98. The lowest BCUT2D eigenvalue weighted by atomic mass is 10.2. The van der Waals surface area contributed by atoms with Crippen molar-refractivity contribution < 1.29 is 4.74 Å². The third-order valence-electron chi connectivity index (χ3n) is 2.93. The molecule has 1 aromatic carbocycles. The molecular formula is C16H21N3OS. The molecule has 0 radical (unpaired) electrons. The summed E-state index contributed by atoms with van der Waals surface area (Å²) in [6.45, 7) is 6.37. The number of rotatable bonds is 7. The van der Waals surface area contributed by atoms with E-state index in [1.165, 1.54) is 10.5 Å². The smallest absolute Gasteiger partial charge is 0.192 e. The van der Waals surface area contributed by atoms with Crippen molar-refractivity contribution in [1.82, 2.24) is 15.3 Å². The normalized spacial score (nSPS) is 10.8. The average molecular weight is 303 g/mol. The van der Waals surface area contributed by atoms with Gasteiger partial charge in [0.05, 0.1) is 6.61 Å². The Labute approximate surface area is 130 Å². The van der Waals surface area contributed by atoms with E-state index in [9.17, 15) is 0 Å². The van der Waals surface area contributed by atoms with Gasteiger partial charge in [-0.1, -0.05) is 18.2 Å². The maximum Gasteiger partial charge on any atom is 0.192 e. The second-order valence-corrected chi connectivity index (χ2v) is 5.82. The largest absolute Gasteiger partial charge is 0.383 e. The molecule has 21 heavy (non-hydrogen) atoms. The van der Waals surface area contributed by atoms with Crippen LogP contribution in [0.5, 0.6) is 0 Å². The molecule has 1 aromatic heterocycles. The molecule has 112 valence electrons. The predicted octanol–water partition coefficient (Wildman–Crippen LogP) is 2.98. The highest BCUT2D eigenvalue weighted by Crippen LogP contribution is 2.28. The van der Waals surface area contributed by atoms with Gasteiger partial charge >= 0.3 is 0 Å². The minimum atomic E-state index is 0.718. The summed E-state index contributed by atoms with van der Waals surface area (Å²) in [6.07, 6.45) is 0. The van der Waals surface area contributed by atoms with Crippen LogP contribution >= 0.6 is 11.8 Å². The van der Waals surface area contributed by atoms with E-state index in [1.807, 2.05) is 26.0 Å². The minimum absolute atomic E-state index is 0.718. The van der Waals surface area contributed by atoms with Gasteiger partial charge in [0.15, 0.2) is 5.16 Å². The van der Waals surface area contributed by atoms with Gasteiger partial charge in [0, 0.05) is 36.5 Å². The number of ether oxygens (including phenoxy) is 1. The molecule has 0 saturated heterocycles. The zero-order valence-corrected chi connectivity index (χ0v) is 13.5. The number of nitrogens with zero attached hydrogens (tertiary/aromatic N) is 2. The van der Waals surface area contributed by atoms with Crippen LogP contribution in [0.1, 0.15) is 17.0 Å². The van der Waals surface area contributed by atoms with Crippen molar-refractivity contribution in [3.8, 4) is 0 Å². The number of aromatic nitrogens is 2. The van der Waals surface area contributed by atoms with E-state index in [2.05, 4.69) is 33.5 Å². The van der Waals surface area contributed by atoms with Crippen molar-refractivity contribution in [3.63, 3.8) is 0 Å². The second-order valence-electron chi connectivity index (χ2n) is 4.81. The summed E-state index contributed by atoms with van der Waals surface area (Å²) < 4.78 is 5.04. The summed E-state index contributed by atoms with van der Waals surface area (Å²) in [5.41, 5.74) is 3.25. The number of hydrogen-bond donors (Lipinski definition) is 1. The first-order valence-corrected chi connectivity index (χ1v) is 7.78. The van der Waals surface area contributed by atoms with Crippen LogP contribution in [0.15, 0.2) is 40.4 Å². The quantitative estimate of drug-likeness (QED) is 0.629. The van der Waals surface area contributed by atoms with Gasteiger partial charge in [-0.3, -0.25) is 0 Å². The average Bonchev–Trinajstić information content (AvgIpc) is 2.44. The third-order valence-corrected chi connectivity index (χ3v) is 3.92. The summed E-state index contributed by atoms with van der Waals surface area (Å²) in [5, 5.41) is 4.18. The highest BCUT2D eigenvalue weighted by molar-refractivity contribution is 7.99. The van der Waals surface area contributed by atoms with Gasteiger partial charge in [0.1, 0.15) is 0 Å². The Morgan fingerprint density at radius 2 is 1.86 bits per heavy atom. The Bertz CT molecular complexity index is 569. The lowest BCUT2D eigenvalue weighted by Crippen LogP contribution is -2.18. The van der Waals surface area contributed by atoms with Crippen molar-refractivity contribution in [2.75, 3.05) is 20.3 Å². The molecule has 0 spiro atoms. The Kier molecular flexibility index (Phi) is 6.17. The van der Waals surface area contributed by atoms with Crippen LogP contribution in [0.2, 0.25) is 0 Å². The first-order chi connectivity index (χ1) is 10.2. The van der Waals surface area contributed by atoms with E-state index in [0.29, 0.717) is 0 Å². The van der Waals surface area contributed by atoms with Gasteiger partial charge in [-0.15, -0.1) is 0 Å². The monoisotopic (exact) mass is 303 g/mol. The molecule has 0 unspecified atom stereocenters. The van der Waals surface area contributed by atoms with E-state index in [1.54, 1.807) is 18.9 Å². The SMILES string of the molecule is COCCNCc1ccccc1Sc1nc(C)cc(C)n1. The number of hydrogen-bond acceptors (Lipinski definition) is 5. The molecule has 0 bridgehead atoms. The maximum absolute atomic E-state index is 5.04. The molecule has 1 N–H and O–H groups in total. The molecule has 4 nitrogen and oxygen atoms in total. The topological polar surface area (TPSA) is 47.0 Å². The molecule has 5 heteroatoms. The van der Waals surface area contributed by atoms with E-state index < -0.39 is 0 Å². The minimum Gasteiger partial charge on any atom is -0.383 e. The summed E-state index contributed by atoms with van der Waals surface area (Å²) in [6, 6.07) is 10.3. The van der Waals surface area contributed by atoms with E-state index in [0.717, 1.165) is 36.2 Å². The van der Waals surface area contributed by atoms with Crippen LogP contribution in [0.25, 0.3) is 0 Å². The Morgan fingerprint density at radius 1 is 1.14 bits per heavy atom. The fourth-order valence-electron chi connectivity index (χ4n) is 1.98. The van der Waals surface area contributed by atoms with E-state index in [-0.39, 0.29) is 0 Å². The lowest BCUT2D eigenvalue weighted by molar-refractivity contribution is 0.199.